The Morgan fingerprint density at radius 1 is 1.00 bits per heavy atom. The van der Waals surface area contributed by atoms with Crippen LogP contribution < -0.4 is 0 Å². The van der Waals surface area contributed by atoms with Crippen LogP contribution in [-0.2, 0) is 17.1 Å². The van der Waals surface area contributed by atoms with Gasteiger partial charge in [0.05, 0.1) is 6.10 Å². The number of hydrogen-bond acceptors (Lipinski definition) is 1. The molecule has 0 aromatic heterocycles. The maximum absolute atomic E-state index is 10.2. The summed E-state index contributed by atoms with van der Waals surface area (Å²) in [7, 11) is 0. The van der Waals surface area contributed by atoms with Gasteiger partial charge < -0.3 is 5.11 Å². The van der Waals surface area contributed by atoms with Crippen molar-refractivity contribution >= 4 is 27.0 Å². The molecule has 3 fully saturated rings. The molecule has 4 rings (SSSR count). The summed E-state index contributed by atoms with van der Waals surface area (Å²) in [5, 5.41) is 10.2. The van der Waals surface area contributed by atoms with E-state index in [1.807, 2.05) is 0 Å². The summed E-state index contributed by atoms with van der Waals surface area (Å²) in [5.74, 6) is 5.46. The second-order valence-electron chi connectivity index (χ2n) is 12.2. The van der Waals surface area contributed by atoms with Crippen LogP contribution in [-0.4, -0.2) is 28.3 Å². The predicted molar refractivity (Wildman–Crippen MR) is 139 cm³/mol. The second kappa shape index (κ2) is 11.7. The number of hydrogen-bond donors (Lipinski definition) is 1. The van der Waals surface area contributed by atoms with Crippen LogP contribution in [0.15, 0.2) is 11.6 Å². The number of allylic oxidation sites excluding steroid dienone is 1. The fraction of sp³-hybridized carbons (Fsp3) is 0.926. The molecule has 1 nitrogen and oxygen atoms in total. The quantitative estimate of drug-likeness (QED) is 0.229. The van der Waals surface area contributed by atoms with Gasteiger partial charge in [-0.1, -0.05) is 65.5 Å². The summed E-state index contributed by atoms with van der Waals surface area (Å²) in [6.45, 7) is 12.6. The number of aliphatic hydroxyl groups is 1. The Morgan fingerprint density at radius 3 is 2.39 bits per heavy atom. The van der Waals surface area contributed by atoms with Crippen LogP contribution in [0.1, 0.15) is 105 Å². The van der Waals surface area contributed by atoms with Gasteiger partial charge in [-0.15, -0.1) is 0 Å². The SMILES string of the molecule is CC(C)CCCC(C)[C@H]1CC[C@H]2[C@@H]3CC=C4C[C@@H](O)CC[C@]4(C)[C@H]3CC[C@]12C.P.[Cu].[SeH2]. The normalized spacial score (nSPS) is 42.0. The summed E-state index contributed by atoms with van der Waals surface area (Å²) in [4.78, 5) is 0. The third kappa shape index (κ3) is 5.54. The van der Waals surface area contributed by atoms with Crippen LogP contribution in [0.4, 0.5) is 0 Å². The molecule has 0 aliphatic heterocycles. The first kappa shape index (κ1) is 30.2. The van der Waals surface area contributed by atoms with Crippen LogP contribution >= 0.6 is 9.90 Å². The summed E-state index contributed by atoms with van der Waals surface area (Å²) in [5.41, 5.74) is 2.60. The zero-order valence-electron chi connectivity index (χ0n) is 20.9. The molecule has 1 radical (unpaired) electrons. The molecule has 0 aromatic rings. The van der Waals surface area contributed by atoms with E-state index in [0.29, 0.717) is 10.8 Å². The maximum atomic E-state index is 10.2. The first-order valence-corrected chi connectivity index (χ1v) is 12.6. The molecule has 0 saturated heterocycles. The van der Waals surface area contributed by atoms with Gasteiger partial charge in [0.2, 0.25) is 0 Å². The Bertz CT molecular complexity index is 610. The van der Waals surface area contributed by atoms with Crippen molar-refractivity contribution < 1.29 is 22.2 Å². The zero-order chi connectivity index (χ0) is 20.1. The Hall–Kier alpha value is 1.17. The molecule has 0 bridgehead atoms. The molecule has 2 unspecified atom stereocenters. The van der Waals surface area contributed by atoms with Crippen LogP contribution in [0.2, 0.25) is 0 Å². The standard InChI is InChI=1S/C27H46O.Cu.H3P.H2Se/c1-18(2)7-6-8-19(3)23-11-12-24-22-10-9-20-17-21(28)13-15-26(20,4)25(22)14-16-27(23,24)5;;;/h9,18-19,21-25,28H,6-8,10-17H2,1-5H3;;1H3;1H2/t19?,21-,22-,23+,24-,25-,26-,27+;;;/m0.../s1. The van der Waals surface area contributed by atoms with Gasteiger partial charge in [-0.25, -0.2) is 0 Å². The Balaban J connectivity index is 0.00000160. The second-order valence-corrected chi connectivity index (χ2v) is 12.2. The molecular formula is C27H51CuOPSe. The molecule has 4 heteroatoms. The number of aliphatic hydroxyl groups excluding tert-OH is 1. The van der Waals surface area contributed by atoms with E-state index < -0.39 is 0 Å². The van der Waals surface area contributed by atoms with Gasteiger partial charge in [0.15, 0.2) is 0 Å². The van der Waals surface area contributed by atoms with Gasteiger partial charge in [-0.2, -0.15) is 9.90 Å². The van der Waals surface area contributed by atoms with Crippen molar-refractivity contribution in [2.75, 3.05) is 0 Å². The van der Waals surface area contributed by atoms with E-state index in [0.717, 1.165) is 48.3 Å². The van der Waals surface area contributed by atoms with Gasteiger partial charge in [-0.05, 0) is 97.7 Å². The van der Waals surface area contributed by atoms with Crippen LogP contribution in [0.5, 0.6) is 0 Å². The van der Waals surface area contributed by atoms with E-state index in [9.17, 15) is 5.11 Å². The molecule has 0 heterocycles. The minimum absolute atomic E-state index is 0. The molecule has 4 aliphatic rings. The van der Waals surface area contributed by atoms with Crippen LogP contribution in [0.3, 0.4) is 0 Å². The van der Waals surface area contributed by atoms with Crippen molar-refractivity contribution in [2.45, 2.75) is 111 Å². The zero-order valence-corrected chi connectivity index (χ0v) is 25.3. The van der Waals surface area contributed by atoms with E-state index in [1.54, 1.807) is 5.57 Å². The minimum atomic E-state index is -0.0766. The summed E-state index contributed by atoms with van der Waals surface area (Å²) in [6, 6.07) is 0. The molecule has 187 valence electrons. The van der Waals surface area contributed by atoms with Gasteiger partial charge in [-0.3, -0.25) is 0 Å². The first-order valence-electron chi connectivity index (χ1n) is 12.6. The van der Waals surface area contributed by atoms with Crippen LogP contribution in [0, 0.1) is 46.3 Å². The topological polar surface area (TPSA) is 20.2 Å². The first-order chi connectivity index (χ1) is 13.3. The number of fused-ring (bicyclic) bond motifs is 5. The average molecular weight is 565 g/mol. The van der Waals surface area contributed by atoms with E-state index in [1.165, 1.54) is 57.8 Å². The van der Waals surface area contributed by atoms with Crippen molar-refractivity contribution in [1.29, 1.82) is 0 Å². The van der Waals surface area contributed by atoms with E-state index >= 15 is 0 Å². The monoisotopic (exact) mass is 565 g/mol. The third-order valence-corrected chi connectivity index (χ3v) is 10.3. The van der Waals surface area contributed by atoms with Crippen LogP contribution in [0.25, 0.3) is 0 Å². The summed E-state index contributed by atoms with van der Waals surface area (Å²) < 4.78 is 0. The molecule has 31 heavy (non-hydrogen) atoms. The number of rotatable bonds is 5. The molecular weight excluding hydrogens is 514 g/mol. The van der Waals surface area contributed by atoms with E-state index in [4.69, 9.17) is 0 Å². The molecule has 4 aliphatic carbocycles. The Morgan fingerprint density at radius 2 is 1.71 bits per heavy atom. The van der Waals surface area contributed by atoms with Crippen molar-refractivity contribution in [2.24, 2.45) is 46.3 Å². The summed E-state index contributed by atoms with van der Waals surface area (Å²) >= 11 is 0. The Labute approximate surface area is 217 Å². The fourth-order valence-corrected chi connectivity index (χ4v) is 8.67. The van der Waals surface area contributed by atoms with Crippen molar-refractivity contribution in [1.82, 2.24) is 0 Å². The van der Waals surface area contributed by atoms with Crippen molar-refractivity contribution in [3.63, 3.8) is 0 Å². The van der Waals surface area contributed by atoms with E-state index in [-0.39, 0.29) is 50.1 Å². The molecule has 0 spiro atoms. The average Bonchev–Trinajstić information content (AvgIpc) is 2.99. The van der Waals surface area contributed by atoms with Gasteiger partial charge in [0.1, 0.15) is 0 Å². The molecule has 1 N–H and O–H groups in total. The van der Waals surface area contributed by atoms with E-state index in [2.05, 4.69) is 40.7 Å². The van der Waals surface area contributed by atoms with Gasteiger partial charge >= 0.3 is 17.1 Å². The molecule has 9 atom stereocenters. The molecule has 3 saturated carbocycles. The third-order valence-electron chi connectivity index (χ3n) is 10.3. The van der Waals surface area contributed by atoms with Crippen molar-refractivity contribution in [3.8, 4) is 0 Å². The van der Waals surface area contributed by atoms with Crippen molar-refractivity contribution in [3.05, 3.63) is 11.6 Å². The van der Waals surface area contributed by atoms with Gasteiger partial charge in [0.25, 0.3) is 0 Å². The van der Waals surface area contributed by atoms with Gasteiger partial charge in [0, 0.05) is 17.1 Å². The molecule has 0 amide bonds. The predicted octanol–water partition coefficient (Wildman–Crippen LogP) is 6.53. The Kier molecular flexibility index (Phi) is 11.4. The fourth-order valence-electron chi connectivity index (χ4n) is 8.67. The molecule has 0 aromatic carbocycles. The summed E-state index contributed by atoms with van der Waals surface area (Å²) in [6.07, 6.45) is 17.2.